The van der Waals surface area contributed by atoms with Crippen molar-refractivity contribution in [2.75, 3.05) is 6.54 Å². The Labute approximate surface area is 108 Å². The minimum Gasteiger partial charge on any atom is -0.314 e. The maximum Gasteiger partial charge on any atom is 0.162 e. The lowest BCUT2D eigenvalue weighted by Gasteiger charge is -2.21. The van der Waals surface area contributed by atoms with Gasteiger partial charge in [0.2, 0.25) is 0 Å². The molecular formula is C15H21F2N. The van der Waals surface area contributed by atoms with Crippen molar-refractivity contribution in [3.8, 4) is 0 Å². The molecule has 1 aliphatic carbocycles. The van der Waals surface area contributed by atoms with Crippen LogP contribution in [0.1, 0.15) is 43.7 Å². The van der Waals surface area contributed by atoms with Gasteiger partial charge in [-0.15, -0.1) is 0 Å². The van der Waals surface area contributed by atoms with Crippen LogP contribution >= 0.6 is 0 Å². The van der Waals surface area contributed by atoms with Crippen molar-refractivity contribution < 1.29 is 8.78 Å². The third kappa shape index (κ3) is 2.89. The summed E-state index contributed by atoms with van der Waals surface area (Å²) in [6, 6.07) is 4.02. The molecule has 0 bridgehead atoms. The maximum atomic E-state index is 13.9. The normalized spacial score (nSPS) is 18.7. The van der Waals surface area contributed by atoms with E-state index in [0.717, 1.165) is 6.54 Å². The second-order valence-corrected chi connectivity index (χ2v) is 5.55. The van der Waals surface area contributed by atoms with Crippen LogP contribution in [0, 0.1) is 24.5 Å². The lowest BCUT2D eigenvalue weighted by molar-refractivity contribution is 0.420. The zero-order valence-electron chi connectivity index (χ0n) is 11.3. The van der Waals surface area contributed by atoms with Crippen LogP contribution in [0.2, 0.25) is 0 Å². The first-order valence-corrected chi connectivity index (χ1v) is 6.68. The van der Waals surface area contributed by atoms with Gasteiger partial charge in [0.1, 0.15) is 0 Å². The topological polar surface area (TPSA) is 12.0 Å². The van der Waals surface area contributed by atoms with Crippen LogP contribution in [0.25, 0.3) is 0 Å². The van der Waals surface area contributed by atoms with Gasteiger partial charge in [0, 0.05) is 6.04 Å². The highest BCUT2D eigenvalue weighted by Gasteiger charge is 2.24. The van der Waals surface area contributed by atoms with Crippen LogP contribution in [0.4, 0.5) is 8.78 Å². The van der Waals surface area contributed by atoms with Gasteiger partial charge in [-0.25, -0.2) is 8.78 Å². The lowest BCUT2D eigenvalue weighted by Crippen LogP contribution is -2.26. The number of hydrogen-bond donors (Lipinski definition) is 1. The summed E-state index contributed by atoms with van der Waals surface area (Å²) in [5.41, 5.74) is 0.857. The molecular weight excluding hydrogens is 232 g/mol. The van der Waals surface area contributed by atoms with Crippen LogP contribution in [-0.4, -0.2) is 12.6 Å². The molecule has 2 unspecified atom stereocenters. The van der Waals surface area contributed by atoms with Crippen molar-refractivity contribution in [1.82, 2.24) is 5.32 Å². The van der Waals surface area contributed by atoms with Crippen LogP contribution in [0.3, 0.4) is 0 Å². The molecule has 0 spiro atoms. The Hall–Kier alpha value is -0.960. The zero-order chi connectivity index (χ0) is 13.3. The number of nitrogens with one attached hydrogen (secondary N) is 1. The van der Waals surface area contributed by atoms with E-state index >= 15 is 0 Å². The quantitative estimate of drug-likeness (QED) is 0.842. The molecule has 1 N–H and O–H groups in total. The van der Waals surface area contributed by atoms with E-state index in [1.807, 2.05) is 6.92 Å². The summed E-state index contributed by atoms with van der Waals surface area (Å²) in [4.78, 5) is 0. The predicted molar refractivity (Wildman–Crippen MR) is 69.7 cm³/mol. The van der Waals surface area contributed by atoms with Gasteiger partial charge >= 0.3 is 0 Å². The molecule has 0 saturated heterocycles. The first kappa shape index (κ1) is 13.5. The summed E-state index contributed by atoms with van der Waals surface area (Å²) in [6.07, 6.45) is 2.49. The van der Waals surface area contributed by atoms with Gasteiger partial charge in [0.25, 0.3) is 0 Å². The number of rotatable bonds is 5. The third-order valence-electron chi connectivity index (χ3n) is 3.96. The molecule has 0 aliphatic heterocycles. The fourth-order valence-electron chi connectivity index (χ4n) is 2.14. The molecule has 1 aromatic rings. The Bertz CT molecular complexity index is 427. The van der Waals surface area contributed by atoms with Crippen LogP contribution in [0.5, 0.6) is 0 Å². The highest BCUT2D eigenvalue weighted by molar-refractivity contribution is 5.28. The van der Waals surface area contributed by atoms with Crippen LogP contribution in [0.15, 0.2) is 12.1 Å². The fraction of sp³-hybridized carbons (Fsp3) is 0.600. The van der Waals surface area contributed by atoms with Gasteiger partial charge in [-0.3, -0.25) is 0 Å². The SMILES string of the molecule is Cc1ccc(C(C)C(C)CNC2CC2)c(F)c1F. The molecule has 1 aromatic carbocycles. The lowest BCUT2D eigenvalue weighted by atomic mass is 9.88. The Morgan fingerprint density at radius 2 is 1.89 bits per heavy atom. The van der Waals surface area contributed by atoms with Crippen molar-refractivity contribution in [3.63, 3.8) is 0 Å². The molecule has 0 radical (unpaired) electrons. The second-order valence-electron chi connectivity index (χ2n) is 5.55. The number of aryl methyl sites for hydroxylation is 1. The maximum absolute atomic E-state index is 13.9. The number of hydrogen-bond acceptors (Lipinski definition) is 1. The van der Waals surface area contributed by atoms with Crippen molar-refractivity contribution in [2.24, 2.45) is 5.92 Å². The monoisotopic (exact) mass is 253 g/mol. The van der Waals surface area contributed by atoms with Crippen molar-refractivity contribution >= 4 is 0 Å². The molecule has 1 aliphatic rings. The van der Waals surface area contributed by atoms with Crippen molar-refractivity contribution in [2.45, 2.75) is 45.6 Å². The molecule has 3 heteroatoms. The van der Waals surface area contributed by atoms with Crippen LogP contribution < -0.4 is 5.32 Å². The molecule has 2 atom stereocenters. The number of halogens is 2. The summed E-state index contributed by atoms with van der Waals surface area (Å²) in [6.45, 7) is 6.50. The number of benzene rings is 1. The molecule has 0 amide bonds. The van der Waals surface area contributed by atoms with Gasteiger partial charge in [0.15, 0.2) is 11.6 Å². The van der Waals surface area contributed by atoms with E-state index in [4.69, 9.17) is 0 Å². The summed E-state index contributed by atoms with van der Waals surface area (Å²) in [5.74, 6) is -1.07. The van der Waals surface area contributed by atoms with E-state index in [2.05, 4.69) is 12.2 Å². The van der Waals surface area contributed by atoms with E-state index in [0.29, 0.717) is 23.1 Å². The molecule has 1 saturated carbocycles. The second kappa shape index (κ2) is 5.35. The smallest absolute Gasteiger partial charge is 0.162 e. The Kier molecular flexibility index (Phi) is 4.00. The Morgan fingerprint density at radius 3 is 2.50 bits per heavy atom. The molecule has 2 rings (SSSR count). The Balaban J connectivity index is 2.06. The highest BCUT2D eigenvalue weighted by atomic mass is 19.2. The summed E-state index contributed by atoms with van der Waals surface area (Å²) in [7, 11) is 0. The Morgan fingerprint density at radius 1 is 1.22 bits per heavy atom. The molecule has 18 heavy (non-hydrogen) atoms. The van der Waals surface area contributed by atoms with Crippen molar-refractivity contribution in [3.05, 3.63) is 34.9 Å². The average Bonchev–Trinajstić information content (AvgIpc) is 3.16. The van der Waals surface area contributed by atoms with Gasteiger partial charge in [-0.1, -0.05) is 26.0 Å². The predicted octanol–water partition coefficient (Wildman–Crippen LogP) is 3.76. The van der Waals surface area contributed by atoms with Gasteiger partial charge in [-0.05, 0) is 49.3 Å². The first-order valence-electron chi connectivity index (χ1n) is 6.68. The largest absolute Gasteiger partial charge is 0.314 e. The van der Waals surface area contributed by atoms with Gasteiger partial charge in [-0.2, -0.15) is 0 Å². The van der Waals surface area contributed by atoms with Crippen molar-refractivity contribution in [1.29, 1.82) is 0 Å². The van der Waals surface area contributed by atoms with Gasteiger partial charge in [0.05, 0.1) is 0 Å². The zero-order valence-corrected chi connectivity index (χ0v) is 11.3. The molecule has 0 heterocycles. The summed E-state index contributed by atoms with van der Waals surface area (Å²) in [5, 5.41) is 3.44. The minimum atomic E-state index is -0.707. The standard InChI is InChI=1S/C15H21F2N/c1-9-4-7-13(15(17)14(9)16)11(3)10(2)8-18-12-5-6-12/h4,7,10-12,18H,5-6,8H2,1-3H3. The van der Waals surface area contributed by atoms with E-state index in [1.165, 1.54) is 12.8 Å². The van der Waals surface area contributed by atoms with E-state index in [9.17, 15) is 8.78 Å². The highest BCUT2D eigenvalue weighted by Crippen LogP contribution is 2.29. The summed E-state index contributed by atoms with van der Waals surface area (Å²) >= 11 is 0. The van der Waals surface area contributed by atoms with Gasteiger partial charge < -0.3 is 5.32 Å². The summed E-state index contributed by atoms with van der Waals surface area (Å²) < 4.78 is 27.4. The van der Waals surface area contributed by atoms with E-state index < -0.39 is 11.6 Å². The molecule has 100 valence electrons. The fourth-order valence-corrected chi connectivity index (χ4v) is 2.14. The first-order chi connectivity index (χ1) is 8.50. The van der Waals surface area contributed by atoms with Crippen LogP contribution in [-0.2, 0) is 0 Å². The molecule has 1 nitrogen and oxygen atoms in total. The molecule has 0 aromatic heterocycles. The van der Waals surface area contributed by atoms with E-state index in [-0.39, 0.29) is 5.92 Å². The average molecular weight is 253 g/mol. The minimum absolute atomic E-state index is 0.0198. The molecule has 1 fully saturated rings. The van der Waals surface area contributed by atoms with E-state index in [1.54, 1.807) is 19.1 Å². The third-order valence-corrected chi connectivity index (χ3v) is 3.96.